The maximum atomic E-state index is 5.90. The second-order valence-electron chi connectivity index (χ2n) is 5.81. The van der Waals surface area contributed by atoms with Crippen LogP contribution >= 0.6 is 0 Å². The minimum absolute atomic E-state index is 0.650. The lowest BCUT2D eigenvalue weighted by Crippen LogP contribution is -2.49. The molecule has 0 aromatic heterocycles. The van der Waals surface area contributed by atoms with E-state index in [1.165, 1.54) is 64.7 Å². The SMILES string of the molecule is CC1CCCC(CN)N1CCCN1CCCC1. The van der Waals surface area contributed by atoms with Gasteiger partial charge in [-0.05, 0) is 65.2 Å². The van der Waals surface area contributed by atoms with E-state index < -0.39 is 0 Å². The molecule has 0 radical (unpaired) electrons. The van der Waals surface area contributed by atoms with Crippen molar-refractivity contribution in [3.05, 3.63) is 0 Å². The monoisotopic (exact) mass is 239 g/mol. The molecule has 2 N–H and O–H groups in total. The highest BCUT2D eigenvalue weighted by Gasteiger charge is 2.26. The fourth-order valence-corrected chi connectivity index (χ4v) is 3.48. The molecular formula is C14H29N3. The van der Waals surface area contributed by atoms with Crippen molar-refractivity contribution in [1.29, 1.82) is 0 Å². The van der Waals surface area contributed by atoms with Gasteiger partial charge in [0.2, 0.25) is 0 Å². The van der Waals surface area contributed by atoms with Gasteiger partial charge >= 0.3 is 0 Å². The smallest absolute Gasteiger partial charge is 0.0221 e. The zero-order valence-electron chi connectivity index (χ0n) is 11.4. The Balaban J connectivity index is 1.71. The molecular weight excluding hydrogens is 210 g/mol. The summed E-state index contributed by atoms with van der Waals surface area (Å²) in [6.07, 6.45) is 8.17. The maximum Gasteiger partial charge on any atom is 0.0221 e. The van der Waals surface area contributed by atoms with E-state index in [1.807, 2.05) is 0 Å². The minimum Gasteiger partial charge on any atom is -0.329 e. The first-order valence-electron chi connectivity index (χ1n) is 7.49. The van der Waals surface area contributed by atoms with Crippen molar-refractivity contribution in [2.24, 2.45) is 5.73 Å². The van der Waals surface area contributed by atoms with Gasteiger partial charge < -0.3 is 10.6 Å². The highest BCUT2D eigenvalue weighted by atomic mass is 15.2. The van der Waals surface area contributed by atoms with Crippen LogP contribution in [-0.2, 0) is 0 Å². The summed E-state index contributed by atoms with van der Waals surface area (Å²) in [5, 5.41) is 0. The van der Waals surface area contributed by atoms with E-state index >= 15 is 0 Å². The Morgan fingerprint density at radius 3 is 2.53 bits per heavy atom. The largest absolute Gasteiger partial charge is 0.329 e. The van der Waals surface area contributed by atoms with Gasteiger partial charge in [0.05, 0.1) is 0 Å². The Kier molecular flexibility index (Phi) is 5.26. The van der Waals surface area contributed by atoms with E-state index in [1.54, 1.807) is 0 Å². The molecule has 0 saturated carbocycles. The maximum absolute atomic E-state index is 5.90. The summed E-state index contributed by atoms with van der Waals surface area (Å²) in [5.41, 5.74) is 5.90. The van der Waals surface area contributed by atoms with Crippen LogP contribution in [0.5, 0.6) is 0 Å². The third kappa shape index (κ3) is 3.67. The van der Waals surface area contributed by atoms with Crippen LogP contribution in [0.2, 0.25) is 0 Å². The van der Waals surface area contributed by atoms with Crippen LogP contribution in [0.1, 0.15) is 45.4 Å². The van der Waals surface area contributed by atoms with E-state index in [0.29, 0.717) is 6.04 Å². The second-order valence-corrected chi connectivity index (χ2v) is 5.81. The van der Waals surface area contributed by atoms with Crippen molar-refractivity contribution in [1.82, 2.24) is 9.80 Å². The van der Waals surface area contributed by atoms with Crippen molar-refractivity contribution in [2.45, 2.75) is 57.5 Å². The number of piperidine rings is 1. The average Bonchev–Trinajstić information content (AvgIpc) is 2.84. The molecule has 2 rings (SSSR count). The Morgan fingerprint density at radius 2 is 1.82 bits per heavy atom. The average molecular weight is 239 g/mol. The van der Waals surface area contributed by atoms with Gasteiger partial charge in [0.25, 0.3) is 0 Å². The number of nitrogens with zero attached hydrogens (tertiary/aromatic N) is 2. The molecule has 2 saturated heterocycles. The molecule has 3 nitrogen and oxygen atoms in total. The lowest BCUT2D eigenvalue weighted by atomic mass is 9.96. The Hall–Kier alpha value is -0.120. The first-order valence-corrected chi connectivity index (χ1v) is 7.49. The van der Waals surface area contributed by atoms with Crippen molar-refractivity contribution in [3.8, 4) is 0 Å². The van der Waals surface area contributed by atoms with Gasteiger partial charge in [-0.25, -0.2) is 0 Å². The standard InChI is InChI=1S/C14H29N3/c1-13-6-4-7-14(12-15)17(13)11-5-10-16-8-2-3-9-16/h13-14H,2-12,15H2,1H3. The van der Waals surface area contributed by atoms with Crippen molar-refractivity contribution in [3.63, 3.8) is 0 Å². The first kappa shape index (κ1) is 13.3. The molecule has 2 aliphatic rings. The quantitative estimate of drug-likeness (QED) is 0.792. The molecule has 2 unspecified atom stereocenters. The summed E-state index contributed by atoms with van der Waals surface area (Å²) in [6, 6.07) is 1.40. The predicted octanol–water partition coefficient (Wildman–Crippen LogP) is 1.67. The molecule has 2 heterocycles. The number of hydrogen-bond acceptors (Lipinski definition) is 3. The van der Waals surface area contributed by atoms with Crippen LogP contribution in [0.15, 0.2) is 0 Å². The fraction of sp³-hybridized carbons (Fsp3) is 1.00. The zero-order chi connectivity index (χ0) is 12.1. The van der Waals surface area contributed by atoms with Crippen molar-refractivity contribution < 1.29 is 0 Å². The Bertz CT molecular complexity index is 214. The molecule has 2 atom stereocenters. The number of rotatable bonds is 5. The normalized spacial score (nSPS) is 32.1. The van der Waals surface area contributed by atoms with Crippen LogP contribution in [0.25, 0.3) is 0 Å². The van der Waals surface area contributed by atoms with E-state index in [9.17, 15) is 0 Å². The van der Waals surface area contributed by atoms with Gasteiger partial charge in [-0.15, -0.1) is 0 Å². The van der Waals surface area contributed by atoms with Gasteiger partial charge in [-0.2, -0.15) is 0 Å². The lowest BCUT2D eigenvalue weighted by Gasteiger charge is -2.40. The van der Waals surface area contributed by atoms with Crippen molar-refractivity contribution in [2.75, 3.05) is 32.7 Å². The van der Waals surface area contributed by atoms with Crippen LogP contribution in [0.3, 0.4) is 0 Å². The molecule has 3 heteroatoms. The summed E-state index contributed by atoms with van der Waals surface area (Å²) < 4.78 is 0. The summed E-state index contributed by atoms with van der Waals surface area (Å²) in [7, 11) is 0. The number of likely N-dealkylation sites (tertiary alicyclic amines) is 2. The number of nitrogens with two attached hydrogens (primary N) is 1. The molecule has 0 aliphatic carbocycles. The molecule has 0 bridgehead atoms. The highest BCUT2D eigenvalue weighted by Crippen LogP contribution is 2.22. The van der Waals surface area contributed by atoms with Crippen LogP contribution in [-0.4, -0.2) is 54.6 Å². The summed E-state index contributed by atoms with van der Waals surface area (Å²) in [5.74, 6) is 0. The molecule has 17 heavy (non-hydrogen) atoms. The third-order valence-corrected chi connectivity index (χ3v) is 4.56. The molecule has 100 valence electrons. The molecule has 2 aliphatic heterocycles. The third-order valence-electron chi connectivity index (χ3n) is 4.56. The van der Waals surface area contributed by atoms with E-state index in [-0.39, 0.29) is 0 Å². The van der Waals surface area contributed by atoms with Gasteiger partial charge in [0, 0.05) is 18.6 Å². The molecule has 2 fully saturated rings. The first-order chi connectivity index (χ1) is 8.31. The van der Waals surface area contributed by atoms with Crippen LogP contribution < -0.4 is 5.73 Å². The second kappa shape index (κ2) is 6.72. The van der Waals surface area contributed by atoms with Gasteiger partial charge in [0.1, 0.15) is 0 Å². The Labute approximate surface area is 106 Å². The Morgan fingerprint density at radius 1 is 1.06 bits per heavy atom. The highest BCUT2D eigenvalue weighted by molar-refractivity contribution is 4.83. The fourth-order valence-electron chi connectivity index (χ4n) is 3.48. The molecule has 0 amide bonds. The zero-order valence-corrected chi connectivity index (χ0v) is 11.4. The van der Waals surface area contributed by atoms with Gasteiger partial charge in [-0.1, -0.05) is 6.42 Å². The van der Waals surface area contributed by atoms with Crippen LogP contribution in [0.4, 0.5) is 0 Å². The molecule has 0 aromatic rings. The predicted molar refractivity (Wildman–Crippen MR) is 73.2 cm³/mol. The number of hydrogen-bond donors (Lipinski definition) is 1. The van der Waals surface area contributed by atoms with E-state index in [4.69, 9.17) is 5.73 Å². The summed E-state index contributed by atoms with van der Waals surface area (Å²) in [6.45, 7) is 8.41. The minimum atomic E-state index is 0.650. The van der Waals surface area contributed by atoms with E-state index in [0.717, 1.165) is 12.6 Å². The van der Waals surface area contributed by atoms with Crippen LogP contribution in [0, 0.1) is 0 Å². The lowest BCUT2D eigenvalue weighted by molar-refractivity contribution is 0.0923. The summed E-state index contributed by atoms with van der Waals surface area (Å²) in [4.78, 5) is 5.28. The van der Waals surface area contributed by atoms with Gasteiger partial charge in [-0.3, -0.25) is 4.90 Å². The molecule has 0 spiro atoms. The van der Waals surface area contributed by atoms with Gasteiger partial charge in [0.15, 0.2) is 0 Å². The summed E-state index contributed by atoms with van der Waals surface area (Å²) >= 11 is 0. The van der Waals surface area contributed by atoms with E-state index in [2.05, 4.69) is 16.7 Å². The topological polar surface area (TPSA) is 32.5 Å². The van der Waals surface area contributed by atoms with Crippen molar-refractivity contribution >= 4 is 0 Å². The molecule has 0 aromatic carbocycles.